The molecular weight excluding hydrogens is 238 g/mol. The molecular formula is C11H17N3O2S. The molecule has 1 fully saturated rings. The van der Waals surface area contributed by atoms with Crippen molar-refractivity contribution in [3.63, 3.8) is 0 Å². The molecule has 94 valence electrons. The van der Waals surface area contributed by atoms with E-state index in [4.69, 9.17) is 0 Å². The van der Waals surface area contributed by atoms with Gasteiger partial charge >= 0.3 is 0 Å². The van der Waals surface area contributed by atoms with Crippen LogP contribution in [0.25, 0.3) is 0 Å². The van der Waals surface area contributed by atoms with Gasteiger partial charge in [0.15, 0.2) is 0 Å². The van der Waals surface area contributed by atoms with E-state index in [1.54, 1.807) is 4.90 Å². The van der Waals surface area contributed by atoms with E-state index in [2.05, 4.69) is 16.9 Å². The summed E-state index contributed by atoms with van der Waals surface area (Å²) in [5.74, 6) is -1.06. The normalized spacial score (nSPS) is 18.4. The fraction of sp³-hybridized carbons (Fsp3) is 0.636. The Morgan fingerprint density at radius 1 is 1.59 bits per heavy atom. The number of piperazine rings is 1. The van der Waals surface area contributed by atoms with Crippen LogP contribution in [0, 0.1) is 0 Å². The van der Waals surface area contributed by atoms with Crippen LogP contribution in [0.5, 0.6) is 0 Å². The first-order valence-corrected chi connectivity index (χ1v) is 6.68. The van der Waals surface area contributed by atoms with Gasteiger partial charge in [-0.1, -0.05) is 0 Å². The van der Waals surface area contributed by atoms with E-state index in [9.17, 15) is 9.90 Å². The molecule has 2 heterocycles. The lowest BCUT2D eigenvalue weighted by Crippen LogP contribution is -3.11. The van der Waals surface area contributed by atoms with E-state index in [1.807, 2.05) is 5.38 Å². The Labute approximate surface area is 105 Å². The summed E-state index contributed by atoms with van der Waals surface area (Å²) in [7, 11) is 2.21. The van der Waals surface area contributed by atoms with Gasteiger partial charge in [-0.25, -0.2) is 4.98 Å². The largest absolute Gasteiger partial charge is 0.550 e. The van der Waals surface area contributed by atoms with Gasteiger partial charge in [0.05, 0.1) is 32.4 Å². The highest BCUT2D eigenvalue weighted by molar-refractivity contribution is 7.09. The predicted molar refractivity (Wildman–Crippen MR) is 62.7 cm³/mol. The number of carbonyl (C=O) groups is 1. The molecule has 2 rings (SSSR count). The smallest absolute Gasteiger partial charge is 0.107 e. The minimum atomic E-state index is -1.06. The molecule has 0 aromatic carbocycles. The number of nitrogens with zero attached hydrogens (tertiary/aromatic N) is 2. The van der Waals surface area contributed by atoms with Crippen molar-refractivity contribution in [1.82, 2.24) is 9.88 Å². The highest BCUT2D eigenvalue weighted by atomic mass is 32.1. The van der Waals surface area contributed by atoms with Crippen molar-refractivity contribution in [2.45, 2.75) is 13.0 Å². The van der Waals surface area contributed by atoms with E-state index < -0.39 is 5.97 Å². The number of carboxylic acids is 1. The van der Waals surface area contributed by atoms with Gasteiger partial charge < -0.3 is 14.8 Å². The third-order valence-corrected chi connectivity index (χ3v) is 3.88. The van der Waals surface area contributed by atoms with Crippen LogP contribution in [0.3, 0.4) is 0 Å². The fourth-order valence-electron chi connectivity index (χ4n) is 1.93. The summed E-state index contributed by atoms with van der Waals surface area (Å²) in [6, 6.07) is 0. The highest BCUT2D eigenvalue weighted by Crippen LogP contribution is 2.12. The minimum absolute atomic E-state index is 0.0800. The summed E-state index contributed by atoms with van der Waals surface area (Å²) in [5.41, 5.74) is 0.616. The van der Waals surface area contributed by atoms with Gasteiger partial charge in [0, 0.05) is 30.9 Å². The van der Waals surface area contributed by atoms with Crippen molar-refractivity contribution in [1.29, 1.82) is 0 Å². The fourth-order valence-corrected chi connectivity index (χ4v) is 2.77. The number of aliphatic carboxylic acids is 1. The van der Waals surface area contributed by atoms with Crippen molar-refractivity contribution in [3.05, 3.63) is 16.1 Å². The van der Waals surface area contributed by atoms with Crippen molar-refractivity contribution in [2.24, 2.45) is 0 Å². The lowest BCUT2D eigenvalue weighted by atomic mass is 10.3. The molecule has 0 bridgehead atoms. The summed E-state index contributed by atoms with van der Waals surface area (Å²) in [5, 5.41) is 13.3. The Kier molecular flexibility index (Phi) is 4.09. The van der Waals surface area contributed by atoms with Crippen LogP contribution in [0.15, 0.2) is 5.38 Å². The quantitative estimate of drug-likeness (QED) is 0.661. The zero-order valence-electron chi connectivity index (χ0n) is 9.94. The van der Waals surface area contributed by atoms with E-state index in [1.165, 1.54) is 11.3 Å². The minimum Gasteiger partial charge on any atom is -0.550 e. The van der Waals surface area contributed by atoms with E-state index in [-0.39, 0.29) is 6.42 Å². The van der Waals surface area contributed by atoms with Crippen LogP contribution in [-0.4, -0.2) is 49.1 Å². The van der Waals surface area contributed by atoms with Crippen LogP contribution >= 0.6 is 11.3 Å². The number of carboxylic acid groups (broad SMARTS) is 1. The maximum atomic E-state index is 10.4. The molecule has 1 N–H and O–H groups in total. The van der Waals surface area contributed by atoms with Crippen LogP contribution in [0.1, 0.15) is 10.7 Å². The number of carbonyl (C=O) groups excluding carboxylic acids is 1. The van der Waals surface area contributed by atoms with Gasteiger partial charge in [-0.15, -0.1) is 11.3 Å². The molecule has 0 aliphatic carbocycles. The molecule has 0 amide bonds. The summed E-state index contributed by atoms with van der Waals surface area (Å²) < 4.78 is 0. The SMILES string of the molecule is C[NH+]1CCN(Cc2nc(CC(=O)[O-])cs2)CC1. The average molecular weight is 255 g/mol. The van der Waals surface area contributed by atoms with Crippen LogP contribution in [0.4, 0.5) is 0 Å². The van der Waals surface area contributed by atoms with Gasteiger partial charge in [-0.3, -0.25) is 4.90 Å². The number of hydrogen-bond donors (Lipinski definition) is 1. The summed E-state index contributed by atoms with van der Waals surface area (Å²) in [4.78, 5) is 18.7. The second-order valence-electron chi connectivity index (χ2n) is 4.51. The first kappa shape index (κ1) is 12.5. The molecule has 0 spiro atoms. The molecule has 0 atom stereocenters. The summed E-state index contributed by atoms with van der Waals surface area (Å²) in [6.07, 6.45) is -0.0800. The van der Waals surface area contributed by atoms with E-state index >= 15 is 0 Å². The molecule has 1 aromatic heterocycles. The average Bonchev–Trinajstić information content (AvgIpc) is 2.68. The van der Waals surface area contributed by atoms with Gasteiger partial charge in [0.25, 0.3) is 0 Å². The Morgan fingerprint density at radius 2 is 2.29 bits per heavy atom. The first-order chi connectivity index (χ1) is 8.13. The molecule has 1 aliphatic heterocycles. The number of aromatic nitrogens is 1. The van der Waals surface area contributed by atoms with Gasteiger partial charge in [0.1, 0.15) is 5.01 Å². The Bertz CT molecular complexity index is 386. The zero-order chi connectivity index (χ0) is 12.3. The third-order valence-electron chi connectivity index (χ3n) is 2.99. The number of hydrogen-bond acceptors (Lipinski definition) is 5. The lowest BCUT2D eigenvalue weighted by molar-refractivity contribution is -0.884. The van der Waals surface area contributed by atoms with E-state index in [0.717, 1.165) is 37.7 Å². The molecule has 0 saturated carbocycles. The molecule has 6 heteroatoms. The number of quaternary nitrogens is 1. The predicted octanol–water partition coefficient (Wildman–Crippen LogP) is -2.23. The molecule has 1 aliphatic rings. The van der Waals surface area contributed by atoms with Gasteiger partial charge in [0.2, 0.25) is 0 Å². The molecule has 0 radical (unpaired) electrons. The molecule has 0 unspecified atom stereocenters. The monoisotopic (exact) mass is 255 g/mol. The van der Waals surface area contributed by atoms with Crippen LogP contribution in [-0.2, 0) is 17.8 Å². The van der Waals surface area contributed by atoms with Crippen LogP contribution in [0.2, 0.25) is 0 Å². The van der Waals surface area contributed by atoms with Crippen molar-refractivity contribution >= 4 is 17.3 Å². The molecule has 17 heavy (non-hydrogen) atoms. The Hall–Kier alpha value is -0.980. The van der Waals surface area contributed by atoms with Gasteiger partial charge in [-0.2, -0.15) is 0 Å². The van der Waals surface area contributed by atoms with Crippen molar-refractivity contribution in [3.8, 4) is 0 Å². The number of likely N-dealkylation sites (N-methyl/N-ethyl adjacent to an activating group) is 1. The first-order valence-electron chi connectivity index (χ1n) is 5.80. The maximum Gasteiger partial charge on any atom is 0.107 e. The van der Waals surface area contributed by atoms with Gasteiger partial charge in [-0.05, 0) is 0 Å². The number of thiazole rings is 1. The Morgan fingerprint density at radius 3 is 2.94 bits per heavy atom. The standard InChI is InChI=1S/C11H17N3O2S/c1-13-2-4-14(5-3-13)7-10-12-9(8-17-10)6-11(15)16/h8H,2-7H2,1H3,(H,15,16). The Balaban J connectivity index is 1.86. The molecule has 1 saturated heterocycles. The zero-order valence-corrected chi connectivity index (χ0v) is 10.8. The lowest BCUT2D eigenvalue weighted by Gasteiger charge is -2.29. The number of nitrogens with one attached hydrogen (secondary N) is 1. The molecule has 1 aromatic rings. The number of rotatable bonds is 4. The third kappa shape index (κ3) is 3.76. The summed E-state index contributed by atoms with van der Waals surface area (Å²) >= 11 is 1.54. The van der Waals surface area contributed by atoms with E-state index in [0.29, 0.717) is 5.69 Å². The van der Waals surface area contributed by atoms with Crippen molar-refractivity contribution < 1.29 is 14.8 Å². The summed E-state index contributed by atoms with van der Waals surface area (Å²) in [6.45, 7) is 5.34. The maximum absolute atomic E-state index is 10.4. The highest BCUT2D eigenvalue weighted by Gasteiger charge is 2.17. The topological polar surface area (TPSA) is 60.7 Å². The molecule has 5 nitrogen and oxygen atoms in total. The van der Waals surface area contributed by atoms with Crippen LogP contribution < -0.4 is 10.0 Å². The second kappa shape index (κ2) is 5.57. The second-order valence-corrected chi connectivity index (χ2v) is 5.46. The van der Waals surface area contributed by atoms with Crippen molar-refractivity contribution in [2.75, 3.05) is 33.2 Å².